The molecule has 0 spiro atoms. The summed E-state index contributed by atoms with van der Waals surface area (Å²) in [6.07, 6.45) is 11.3. The third kappa shape index (κ3) is 8.54. The molecule has 1 N–H and O–H groups in total. The van der Waals surface area contributed by atoms with Crippen LogP contribution in [0.4, 0.5) is 0 Å². The molecule has 1 aliphatic heterocycles. The molecule has 0 aliphatic carbocycles. The fraction of sp³-hybridized carbons (Fsp3) is 0.519. The molecule has 2 unspecified atom stereocenters. The zero-order valence-electron chi connectivity index (χ0n) is 21.3. The van der Waals surface area contributed by atoms with Crippen molar-refractivity contribution >= 4 is 5.71 Å². The van der Waals surface area contributed by atoms with Crippen molar-refractivity contribution in [1.82, 2.24) is 15.1 Å². The molecule has 0 saturated heterocycles. The van der Waals surface area contributed by atoms with Crippen LogP contribution < -0.4 is 5.56 Å². The van der Waals surface area contributed by atoms with Crippen molar-refractivity contribution in [2.75, 3.05) is 32.8 Å². The van der Waals surface area contributed by atoms with E-state index < -0.39 is 6.23 Å². The van der Waals surface area contributed by atoms with E-state index >= 15 is 0 Å². The molecule has 0 fully saturated rings. The van der Waals surface area contributed by atoms with Gasteiger partial charge in [-0.1, -0.05) is 46.4 Å². The number of H-pyrrole nitrogens is 1. The highest BCUT2D eigenvalue weighted by atomic mass is 16.5. The highest BCUT2D eigenvalue weighted by molar-refractivity contribution is 5.97. The maximum atomic E-state index is 11.5. The molecule has 0 saturated carbocycles. The van der Waals surface area contributed by atoms with Crippen LogP contribution in [0.15, 0.2) is 64.1 Å². The van der Waals surface area contributed by atoms with Crippen LogP contribution in [0, 0.1) is 0 Å². The number of hydrogen-bond donors (Lipinski definition) is 1. The maximum absolute atomic E-state index is 11.5. The van der Waals surface area contributed by atoms with Crippen molar-refractivity contribution in [2.24, 2.45) is 4.99 Å². The Morgan fingerprint density at radius 3 is 2.82 bits per heavy atom. The fourth-order valence-electron chi connectivity index (χ4n) is 3.68. The molecule has 1 aromatic heterocycles. The van der Waals surface area contributed by atoms with Crippen LogP contribution in [0.5, 0.6) is 0 Å². The lowest BCUT2D eigenvalue weighted by molar-refractivity contribution is 0.140. The minimum Gasteiger partial charge on any atom is -0.493 e. The summed E-state index contributed by atoms with van der Waals surface area (Å²) in [6.45, 7) is 18.6. The van der Waals surface area contributed by atoms with Crippen LogP contribution in [0.1, 0.15) is 58.2 Å². The minimum absolute atomic E-state index is 0.0482. The first-order valence-electron chi connectivity index (χ1n) is 12.2. The lowest BCUT2D eigenvalue weighted by atomic mass is 10.0. The number of nitrogens with zero attached hydrogens (tertiary/aromatic N) is 3. The number of aryl methyl sites for hydroxylation is 1. The molecule has 34 heavy (non-hydrogen) atoms. The van der Waals surface area contributed by atoms with Gasteiger partial charge >= 0.3 is 0 Å². The number of nitrogens with one attached hydrogen (secondary N) is 1. The third-order valence-electron chi connectivity index (χ3n) is 5.71. The standard InChI is InChI=1S/C27H40N4O3/c1-7-15-31(10-4)16-17-33-24(9-3)14-12-21(6)27-28-23(19-34-27)13-11-20(5)26-22(8-2)18-25(32)29-30-26/h9,11-14,18,20,27H,6-8,10,15-17,19H2,1-5H3,(H,29,32)/b13-11-,14-12?,24-9?. The van der Waals surface area contributed by atoms with E-state index in [9.17, 15) is 4.79 Å². The van der Waals surface area contributed by atoms with E-state index in [1.54, 1.807) is 6.07 Å². The number of hydrogen-bond acceptors (Lipinski definition) is 6. The van der Waals surface area contributed by atoms with E-state index in [1.165, 1.54) is 0 Å². The fourth-order valence-corrected chi connectivity index (χ4v) is 3.68. The highest BCUT2D eigenvalue weighted by Gasteiger charge is 2.18. The van der Waals surface area contributed by atoms with Crippen molar-refractivity contribution in [2.45, 2.75) is 59.6 Å². The monoisotopic (exact) mass is 468 g/mol. The number of aromatic nitrogens is 2. The molecule has 2 heterocycles. The summed E-state index contributed by atoms with van der Waals surface area (Å²) in [7, 11) is 0. The minimum atomic E-state index is -0.401. The van der Waals surface area contributed by atoms with Crippen LogP contribution in [0.25, 0.3) is 0 Å². The molecule has 0 radical (unpaired) electrons. The Morgan fingerprint density at radius 1 is 1.35 bits per heavy atom. The summed E-state index contributed by atoms with van der Waals surface area (Å²) >= 11 is 0. The number of aromatic amines is 1. The summed E-state index contributed by atoms with van der Waals surface area (Å²) in [5, 5.41) is 6.76. The predicted octanol–water partition coefficient (Wildman–Crippen LogP) is 4.55. The van der Waals surface area contributed by atoms with E-state index in [0.717, 1.165) is 60.8 Å². The van der Waals surface area contributed by atoms with Gasteiger partial charge in [0.25, 0.3) is 5.56 Å². The molecule has 7 heteroatoms. The van der Waals surface area contributed by atoms with Gasteiger partial charge in [-0.15, -0.1) is 0 Å². The summed E-state index contributed by atoms with van der Waals surface area (Å²) < 4.78 is 11.7. The van der Waals surface area contributed by atoms with Crippen molar-refractivity contribution in [3.8, 4) is 0 Å². The quantitative estimate of drug-likeness (QED) is 0.320. The van der Waals surface area contributed by atoms with Gasteiger partial charge in [-0.2, -0.15) is 5.10 Å². The molecule has 186 valence electrons. The molecule has 2 rings (SSSR count). The molecule has 0 aromatic carbocycles. The summed E-state index contributed by atoms with van der Waals surface area (Å²) in [4.78, 5) is 18.5. The van der Waals surface area contributed by atoms with Crippen molar-refractivity contribution in [1.29, 1.82) is 0 Å². The van der Waals surface area contributed by atoms with Gasteiger partial charge in [-0.25, -0.2) is 5.10 Å². The number of ether oxygens (including phenoxy) is 2. The van der Waals surface area contributed by atoms with E-state index in [1.807, 2.05) is 51.2 Å². The number of aliphatic imine (C=N–C) groups is 1. The average molecular weight is 469 g/mol. The largest absolute Gasteiger partial charge is 0.493 e. The molecular formula is C27H40N4O3. The SMILES string of the molecule is C=C(C=CC(=CC)OCCN(CC)CCC)C1N=C(/C=C\C(C)c2n[nH]c(=O)cc2CC)CO1. The second kappa shape index (κ2) is 14.5. The van der Waals surface area contributed by atoms with E-state index in [2.05, 4.69) is 40.5 Å². The first-order chi connectivity index (χ1) is 16.4. The normalized spacial score (nSPS) is 17.6. The lowest BCUT2D eigenvalue weighted by Gasteiger charge is -2.19. The Morgan fingerprint density at radius 2 is 2.15 bits per heavy atom. The van der Waals surface area contributed by atoms with Crippen molar-refractivity contribution in [3.63, 3.8) is 0 Å². The average Bonchev–Trinajstić information content (AvgIpc) is 3.32. The summed E-state index contributed by atoms with van der Waals surface area (Å²) in [5.74, 6) is 0.858. The zero-order chi connectivity index (χ0) is 24.9. The number of allylic oxidation sites excluding steroid dienone is 3. The Balaban J connectivity index is 1.91. The Kier molecular flexibility index (Phi) is 11.7. The molecule has 1 aromatic rings. The van der Waals surface area contributed by atoms with E-state index in [0.29, 0.717) is 13.2 Å². The van der Waals surface area contributed by atoms with Gasteiger partial charge in [0.05, 0.1) is 18.0 Å². The second-order valence-corrected chi connectivity index (χ2v) is 8.31. The van der Waals surface area contributed by atoms with Crippen LogP contribution in [-0.4, -0.2) is 59.9 Å². The molecule has 7 nitrogen and oxygen atoms in total. The van der Waals surface area contributed by atoms with Crippen LogP contribution >= 0.6 is 0 Å². The third-order valence-corrected chi connectivity index (χ3v) is 5.71. The molecule has 0 bridgehead atoms. The van der Waals surface area contributed by atoms with Gasteiger partial charge < -0.3 is 14.4 Å². The van der Waals surface area contributed by atoms with Crippen molar-refractivity contribution in [3.05, 3.63) is 76.0 Å². The Bertz CT molecular complexity index is 974. The van der Waals surface area contributed by atoms with Crippen LogP contribution in [-0.2, 0) is 15.9 Å². The van der Waals surface area contributed by atoms with E-state index in [4.69, 9.17) is 9.47 Å². The topological polar surface area (TPSA) is 79.8 Å². The summed E-state index contributed by atoms with van der Waals surface area (Å²) in [6, 6.07) is 1.61. The van der Waals surface area contributed by atoms with Gasteiger partial charge in [-0.3, -0.25) is 9.79 Å². The first-order valence-corrected chi connectivity index (χ1v) is 12.2. The molecule has 2 atom stereocenters. The Labute approximate surface area is 204 Å². The first kappa shape index (κ1) is 27.5. The van der Waals surface area contributed by atoms with Gasteiger partial charge in [0, 0.05) is 18.5 Å². The predicted molar refractivity (Wildman–Crippen MR) is 139 cm³/mol. The summed E-state index contributed by atoms with van der Waals surface area (Å²) in [5.41, 5.74) is 3.28. The van der Waals surface area contributed by atoms with Crippen molar-refractivity contribution < 1.29 is 9.47 Å². The molecule has 0 amide bonds. The van der Waals surface area contributed by atoms with Gasteiger partial charge in [0.2, 0.25) is 0 Å². The van der Waals surface area contributed by atoms with Gasteiger partial charge in [0.15, 0.2) is 6.23 Å². The number of rotatable bonds is 14. The molecule has 1 aliphatic rings. The van der Waals surface area contributed by atoms with Crippen LogP contribution in [0.2, 0.25) is 0 Å². The van der Waals surface area contributed by atoms with E-state index in [-0.39, 0.29) is 11.5 Å². The van der Waals surface area contributed by atoms with Crippen LogP contribution in [0.3, 0.4) is 0 Å². The second-order valence-electron chi connectivity index (χ2n) is 8.31. The highest BCUT2D eigenvalue weighted by Crippen LogP contribution is 2.20. The maximum Gasteiger partial charge on any atom is 0.264 e. The zero-order valence-corrected chi connectivity index (χ0v) is 21.3. The number of likely N-dealkylation sites (N-methyl/N-ethyl adjacent to an activating group) is 1. The smallest absolute Gasteiger partial charge is 0.264 e. The molecular weight excluding hydrogens is 428 g/mol. The van der Waals surface area contributed by atoms with Gasteiger partial charge in [0.1, 0.15) is 12.4 Å². The van der Waals surface area contributed by atoms with Gasteiger partial charge in [-0.05, 0) is 62.2 Å². The lowest BCUT2D eigenvalue weighted by Crippen LogP contribution is -2.28. The Hall–Kier alpha value is -2.77.